The molecule has 24 heavy (non-hydrogen) atoms. The first-order valence-electron chi connectivity index (χ1n) is 7.45. The molecule has 0 unspecified atom stereocenters. The second-order valence-electron chi connectivity index (χ2n) is 5.14. The Hall–Kier alpha value is -3.22. The first kappa shape index (κ1) is 17.1. The number of hydrogen-bond acceptors (Lipinski definition) is 4. The van der Waals surface area contributed by atoms with Crippen LogP contribution in [0.5, 0.6) is 0 Å². The molecule has 2 aromatic rings. The molecule has 0 bridgehead atoms. The topological polar surface area (TPSA) is 101 Å². The largest absolute Gasteiger partial charge is 0.326 e. The van der Waals surface area contributed by atoms with Gasteiger partial charge in [-0.15, -0.1) is 0 Å². The highest BCUT2D eigenvalue weighted by Crippen LogP contribution is 2.17. The quantitative estimate of drug-likeness (QED) is 0.625. The number of nitro benzene ring substituents is 1. The molecule has 7 heteroatoms. The highest BCUT2D eigenvalue weighted by Gasteiger charge is 2.11. The van der Waals surface area contributed by atoms with Crippen molar-refractivity contribution in [1.29, 1.82) is 0 Å². The third kappa shape index (κ3) is 4.64. The molecule has 0 aliphatic rings. The fourth-order valence-electron chi connectivity index (χ4n) is 2.05. The van der Waals surface area contributed by atoms with Crippen molar-refractivity contribution in [3.8, 4) is 0 Å². The summed E-state index contributed by atoms with van der Waals surface area (Å²) in [5, 5.41) is 16.1. The zero-order valence-electron chi connectivity index (χ0n) is 13.1. The Morgan fingerprint density at radius 1 is 1.04 bits per heavy atom. The molecule has 0 radical (unpaired) electrons. The van der Waals surface area contributed by atoms with E-state index in [9.17, 15) is 19.7 Å². The van der Waals surface area contributed by atoms with Gasteiger partial charge in [0.05, 0.1) is 4.92 Å². The molecule has 2 rings (SSSR count). The summed E-state index contributed by atoms with van der Waals surface area (Å²) in [7, 11) is 0. The van der Waals surface area contributed by atoms with E-state index in [4.69, 9.17) is 0 Å². The number of carbonyl (C=O) groups excluding carboxylic acids is 2. The zero-order chi connectivity index (χ0) is 17.5. The summed E-state index contributed by atoms with van der Waals surface area (Å²) >= 11 is 0. The van der Waals surface area contributed by atoms with Gasteiger partial charge in [-0.2, -0.15) is 0 Å². The second-order valence-corrected chi connectivity index (χ2v) is 5.14. The maximum Gasteiger partial charge on any atom is 0.270 e. The van der Waals surface area contributed by atoms with Crippen LogP contribution in [0.25, 0.3) is 0 Å². The molecule has 0 spiro atoms. The fraction of sp³-hybridized carbons (Fsp3) is 0.176. The highest BCUT2D eigenvalue weighted by molar-refractivity contribution is 6.04. The van der Waals surface area contributed by atoms with E-state index in [1.165, 1.54) is 24.3 Å². The summed E-state index contributed by atoms with van der Waals surface area (Å²) in [4.78, 5) is 33.8. The second kappa shape index (κ2) is 7.87. The van der Waals surface area contributed by atoms with Crippen molar-refractivity contribution in [3.63, 3.8) is 0 Å². The van der Waals surface area contributed by atoms with Gasteiger partial charge in [-0.1, -0.05) is 13.0 Å². The number of anilines is 2. The van der Waals surface area contributed by atoms with Gasteiger partial charge in [0.25, 0.3) is 11.6 Å². The van der Waals surface area contributed by atoms with Crippen molar-refractivity contribution in [1.82, 2.24) is 0 Å². The van der Waals surface area contributed by atoms with Crippen LogP contribution in [0.2, 0.25) is 0 Å². The molecule has 2 amide bonds. The molecule has 7 nitrogen and oxygen atoms in total. The third-order valence-electron chi connectivity index (χ3n) is 3.22. The molecule has 2 aromatic carbocycles. The number of benzene rings is 2. The molecule has 0 atom stereocenters. The van der Waals surface area contributed by atoms with Crippen LogP contribution in [0.3, 0.4) is 0 Å². The number of nitrogens with one attached hydrogen (secondary N) is 2. The Bertz CT molecular complexity index is 757. The lowest BCUT2D eigenvalue weighted by atomic mass is 10.2. The average Bonchev–Trinajstić information content (AvgIpc) is 2.57. The standard InChI is InChI=1S/C17H17N3O4/c1-2-4-16(21)18-13-7-9-14(10-8-13)19-17(22)12-5-3-6-15(11-12)20(23)24/h3,5-11H,2,4H2,1H3,(H,18,21)(H,19,22). The Balaban J connectivity index is 2.03. The molecule has 0 fully saturated rings. The van der Waals surface area contributed by atoms with E-state index in [1.807, 2.05) is 6.92 Å². The lowest BCUT2D eigenvalue weighted by Gasteiger charge is -2.08. The predicted octanol–water partition coefficient (Wildman–Crippen LogP) is 3.59. The van der Waals surface area contributed by atoms with Gasteiger partial charge in [-0.3, -0.25) is 19.7 Å². The maximum atomic E-state index is 12.1. The van der Waals surface area contributed by atoms with Gasteiger partial charge in [-0.25, -0.2) is 0 Å². The first-order chi connectivity index (χ1) is 11.5. The number of non-ortho nitro benzene ring substituents is 1. The van der Waals surface area contributed by atoms with Gasteiger partial charge in [0.1, 0.15) is 0 Å². The van der Waals surface area contributed by atoms with Crippen molar-refractivity contribution in [2.24, 2.45) is 0 Å². The number of nitrogens with zero attached hydrogens (tertiary/aromatic N) is 1. The summed E-state index contributed by atoms with van der Waals surface area (Å²) in [6.07, 6.45) is 1.22. The Labute approximate surface area is 138 Å². The summed E-state index contributed by atoms with van der Waals surface area (Å²) < 4.78 is 0. The molecule has 124 valence electrons. The van der Waals surface area contributed by atoms with E-state index in [2.05, 4.69) is 10.6 Å². The lowest BCUT2D eigenvalue weighted by Crippen LogP contribution is -2.13. The van der Waals surface area contributed by atoms with Crippen LogP contribution in [0.15, 0.2) is 48.5 Å². The highest BCUT2D eigenvalue weighted by atomic mass is 16.6. The number of amides is 2. The molecule has 0 heterocycles. The van der Waals surface area contributed by atoms with Crippen LogP contribution in [0.4, 0.5) is 17.1 Å². The number of rotatable bonds is 6. The molecule has 0 aromatic heterocycles. The minimum Gasteiger partial charge on any atom is -0.326 e. The van der Waals surface area contributed by atoms with Crippen LogP contribution < -0.4 is 10.6 Å². The molecule has 2 N–H and O–H groups in total. The smallest absolute Gasteiger partial charge is 0.270 e. The van der Waals surface area contributed by atoms with Crippen LogP contribution in [0.1, 0.15) is 30.1 Å². The van der Waals surface area contributed by atoms with Crippen molar-refractivity contribution in [3.05, 3.63) is 64.2 Å². The summed E-state index contributed by atoms with van der Waals surface area (Å²) in [6.45, 7) is 1.92. The predicted molar refractivity (Wildman–Crippen MR) is 91.0 cm³/mol. The van der Waals surface area contributed by atoms with Gasteiger partial charge in [-0.05, 0) is 36.8 Å². The molecular weight excluding hydrogens is 310 g/mol. The van der Waals surface area contributed by atoms with Crippen LogP contribution in [-0.2, 0) is 4.79 Å². The summed E-state index contributed by atoms with van der Waals surface area (Å²) in [5.74, 6) is -0.507. The maximum absolute atomic E-state index is 12.1. The Morgan fingerprint density at radius 2 is 1.67 bits per heavy atom. The van der Waals surface area contributed by atoms with E-state index >= 15 is 0 Å². The van der Waals surface area contributed by atoms with Crippen LogP contribution in [-0.4, -0.2) is 16.7 Å². The van der Waals surface area contributed by atoms with Crippen molar-refractivity contribution < 1.29 is 14.5 Å². The minimum absolute atomic E-state index is 0.0640. The summed E-state index contributed by atoms with van der Waals surface area (Å²) in [6, 6.07) is 12.2. The van der Waals surface area contributed by atoms with E-state index in [1.54, 1.807) is 24.3 Å². The normalized spacial score (nSPS) is 10.0. The van der Waals surface area contributed by atoms with Crippen LogP contribution >= 0.6 is 0 Å². The van der Waals surface area contributed by atoms with Crippen molar-refractivity contribution >= 4 is 28.9 Å². The van der Waals surface area contributed by atoms with Crippen LogP contribution in [0, 0.1) is 10.1 Å². The van der Waals surface area contributed by atoms with Gasteiger partial charge in [0.2, 0.25) is 5.91 Å². The lowest BCUT2D eigenvalue weighted by molar-refractivity contribution is -0.384. The van der Waals surface area contributed by atoms with Crippen molar-refractivity contribution in [2.75, 3.05) is 10.6 Å². The van der Waals surface area contributed by atoms with Gasteiger partial charge in [0, 0.05) is 35.5 Å². The van der Waals surface area contributed by atoms with E-state index < -0.39 is 10.8 Å². The molecule has 0 saturated heterocycles. The number of hydrogen-bond donors (Lipinski definition) is 2. The third-order valence-corrected chi connectivity index (χ3v) is 3.22. The minimum atomic E-state index is -0.551. The number of nitro groups is 1. The van der Waals surface area contributed by atoms with E-state index in [0.29, 0.717) is 17.8 Å². The zero-order valence-corrected chi connectivity index (χ0v) is 13.1. The fourth-order valence-corrected chi connectivity index (χ4v) is 2.05. The number of carbonyl (C=O) groups is 2. The molecule has 0 aliphatic carbocycles. The van der Waals surface area contributed by atoms with Gasteiger partial charge in [0.15, 0.2) is 0 Å². The van der Waals surface area contributed by atoms with Gasteiger partial charge < -0.3 is 10.6 Å². The average molecular weight is 327 g/mol. The molecule has 0 saturated carbocycles. The Morgan fingerprint density at radius 3 is 2.25 bits per heavy atom. The van der Waals surface area contributed by atoms with Gasteiger partial charge >= 0.3 is 0 Å². The Kier molecular flexibility index (Phi) is 5.62. The first-order valence-corrected chi connectivity index (χ1v) is 7.45. The van der Waals surface area contributed by atoms with Crippen molar-refractivity contribution in [2.45, 2.75) is 19.8 Å². The molecular formula is C17H17N3O4. The summed E-state index contributed by atoms with van der Waals surface area (Å²) in [5.41, 5.74) is 1.22. The van der Waals surface area contributed by atoms with E-state index in [-0.39, 0.29) is 17.2 Å². The SMILES string of the molecule is CCCC(=O)Nc1ccc(NC(=O)c2cccc([N+](=O)[O-])c2)cc1. The van der Waals surface area contributed by atoms with E-state index in [0.717, 1.165) is 6.42 Å². The monoisotopic (exact) mass is 327 g/mol. The molecule has 0 aliphatic heterocycles.